The maximum absolute atomic E-state index is 12.3. The van der Waals surface area contributed by atoms with Crippen molar-refractivity contribution in [3.8, 4) is 0 Å². The van der Waals surface area contributed by atoms with Gasteiger partial charge in [0.15, 0.2) is 6.29 Å². The van der Waals surface area contributed by atoms with Crippen LogP contribution in [-0.4, -0.2) is 19.5 Å². The van der Waals surface area contributed by atoms with E-state index < -0.39 is 6.08 Å². The summed E-state index contributed by atoms with van der Waals surface area (Å²) in [5.41, 5.74) is 0. The average Bonchev–Trinajstić information content (AvgIpc) is 2.79. The van der Waals surface area contributed by atoms with Crippen molar-refractivity contribution in [2.75, 3.05) is 13.2 Å². The lowest BCUT2D eigenvalue weighted by atomic mass is 9.68. The largest absolute Gasteiger partial charge is 0.352 e. The highest BCUT2D eigenvalue weighted by Crippen LogP contribution is 2.44. The quantitative estimate of drug-likeness (QED) is 0.453. The van der Waals surface area contributed by atoms with Crippen LogP contribution in [0.5, 0.6) is 0 Å². The molecule has 0 aromatic rings. The molecule has 4 fully saturated rings. The zero-order valence-corrected chi connectivity index (χ0v) is 18.9. The van der Waals surface area contributed by atoms with Crippen molar-refractivity contribution in [2.45, 2.75) is 96.7 Å². The van der Waals surface area contributed by atoms with Gasteiger partial charge in [0, 0.05) is 11.8 Å². The molecule has 30 heavy (non-hydrogen) atoms. The summed E-state index contributed by atoms with van der Waals surface area (Å²) < 4.78 is 37.2. The summed E-state index contributed by atoms with van der Waals surface area (Å²) in [6.45, 7) is 4.19. The molecule has 0 atom stereocenters. The molecule has 2 nitrogen and oxygen atoms in total. The van der Waals surface area contributed by atoms with Crippen LogP contribution < -0.4 is 0 Å². The van der Waals surface area contributed by atoms with Gasteiger partial charge in [-0.25, -0.2) is 0 Å². The molecule has 0 aromatic carbocycles. The number of rotatable bonds is 5. The molecule has 0 spiro atoms. The summed E-state index contributed by atoms with van der Waals surface area (Å²) in [5.74, 6) is 5.01. The Morgan fingerprint density at radius 3 is 1.70 bits per heavy atom. The van der Waals surface area contributed by atoms with E-state index >= 15 is 0 Å². The molecule has 172 valence electrons. The van der Waals surface area contributed by atoms with Crippen LogP contribution in [0.15, 0.2) is 12.2 Å². The van der Waals surface area contributed by atoms with Gasteiger partial charge in [0.2, 0.25) is 0 Å². The van der Waals surface area contributed by atoms with Crippen molar-refractivity contribution in [1.82, 2.24) is 0 Å². The van der Waals surface area contributed by atoms with E-state index in [1.807, 2.05) is 0 Å². The van der Waals surface area contributed by atoms with Crippen LogP contribution in [0.4, 0.5) is 8.78 Å². The first kappa shape index (κ1) is 22.7. The van der Waals surface area contributed by atoms with Gasteiger partial charge in [-0.3, -0.25) is 0 Å². The number of allylic oxidation sites excluding steroid dienone is 1. The minimum atomic E-state index is -1.51. The van der Waals surface area contributed by atoms with Crippen LogP contribution in [-0.2, 0) is 9.47 Å². The van der Waals surface area contributed by atoms with E-state index in [-0.39, 0.29) is 6.29 Å². The standard InChI is InChI=1S/C26H42F2O2/c1-18-2-7-22(8-3-18)24-16-29-26(30-17-24)23-13-11-21(12-14-23)20-9-4-19(5-10-20)6-15-25(27)28/h15,18-24,26H,2-14,16-17H2,1H3. The average molecular weight is 425 g/mol. The summed E-state index contributed by atoms with van der Waals surface area (Å²) >= 11 is 0. The monoisotopic (exact) mass is 424 g/mol. The Hall–Kier alpha value is -0.480. The van der Waals surface area contributed by atoms with Crippen molar-refractivity contribution in [3.05, 3.63) is 12.2 Å². The highest BCUT2D eigenvalue weighted by Gasteiger charge is 2.37. The lowest BCUT2D eigenvalue weighted by Gasteiger charge is -2.42. The normalized spacial score (nSPS) is 43.2. The van der Waals surface area contributed by atoms with E-state index in [2.05, 4.69) is 6.92 Å². The summed E-state index contributed by atoms with van der Waals surface area (Å²) in [7, 11) is 0. The molecule has 3 saturated carbocycles. The summed E-state index contributed by atoms with van der Waals surface area (Å²) in [4.78, 5) is 0. The van der Waals surface area contributed by atoms with Crippen molar-refractivity contribution in [2.24, 2.45) is 41.4 Å². The fourth-order valence-corrected chi connectivity index (χ4v) is 6.87. The SMILES string of the molecule is CC1CCC(C2COC(C3CCC(C4CCC(CC=C(F)F)CC4)CC3)OC2)CC1. The van der Waals surface area contributed by atoms with Gasteiger partial charge < -0.3 is 9.47 Å². The van der Waals surface area contributed by atoms with Crippen LogP contribution >= 0.6 is 0 Å². The van der Waals surface area contributed by atoms with Crippen molar-refractivity contribution >= 4 is 0 Å². The van der Waals surface area contributed by atoms with Crippen LogP contribution in [0.3, 0.4) is 0 Å². The first-order valence-corrected chi connectivity index (χ1v) is 12.8. The molecule has 0 bridgehead atoms. The molecule has 0 radical (unpaired) electrons. The summed E-state index contributed by atoms with van der Waals surface area (Å²) in [6.07, 6.45) is 15.5. The van der Waals surface area contributed by atoms with Gasteiger partial charge in [-0.1, -0.05) is 19.8 Å². The van der Waals surface area contributed by atoms with Gasteiger partial charge in [-0.05, 0) is 106 Å². The Balaban J connectivity index is 1.14. The lowest BCUT2D eigenvalue weighted by Crippen LogP contribution is -2.41. The van der Waals surface area contributed by atoms with Gasteiger partial charge in [0.25, 0.3) is 6.08 Å². The second-order valence-electron chi connectivity index (χ2n) is 11.0. The third-order valence-corrected chi connectivity index (χ3v) is 9.04. The molecule has 0 aromatic heterocycles. The number of halogens is 2. The smallest absolute Gasteiger partial charge is 0.266 e. The predicted octanol–water partition coefficient (Wildman–Crippen LogP) is 7.59. The molecule has 0 N–H and O–H groups in total. The Morgan fingerprint density at radius 2 is 1.13 bits per heavy atom. The third kappa shape index (κ3) is 6.06. The molecule has 4 rings (SSSR count). The van der Waals surface area contributed by atoms with Crippen LogP contribution in [0.25, 0.3) is 0 Å². The second kappa shape index (κ2) is 10.9. The van der Waals surface area contributed by atoms with E-state index in [4.69, 9.17) is 9.47 Å². The van der Waals surface area contributed by atoms with E-state index in [9.17, 15) is 8.78 Å². The molecular formula is C26H42F2O2. The first-order chi connectivity index (χ1) is 14.6. The van der Waals surface area contributed by atoms with Crippen molar-refractivity contribution in [3.63, 3.8) is 0 Å². The van der Waals surface area contributed by atoms with Crippen molar-refractivity contribution in [1.29, 1.82) is 0 Å². The zero-order valence-electron chi connectivity index (χ0n) is 18.9. The maximum Gasteiger partial charge on any atom is 0.266 e. The van der Waals surface area contributed by atoms with Gasteiger partial charge in [-0.15, -0.1) is 0 Å². The molecule has 0 unspecified atom stereocenters. The molecule has 0 amide bonds. The summed E-state index contributed by atoms with van der Waals surface area (Å²) in [6, 6.07) is 0. The van der Waals surface area contributed by atoms with E-state index in [0.29, 0.717) is 24.2 Å². The van der Waals surface area contributed by atoms with Gasteiger partial charge in [0.05, 0.1) is 13.2 Å². The number of ether oxygens (including phenoxy) is 2. The zero-order chi connectivity index (χ0) is 20.9. The maximum atomic E-state index is 12.3. The van der Waals surface area contributed by atoms with Gasteiger partial charge in [0.1, 0.15) is 0 Å². The van der Waals surface area contributed by atoms with E-state index in [1.165, 1.54) is 64.2 Å². The lowest BCUT2D eigenvalue weighted by molar-refractivity contribution is -0.237. The predicted molar refractivity (Wildman–Crippen MR) is 116 cm³/mol. The molecule has 4 aliphatic rings. The number of hydrogen-bond acceptors (Lipinski definition) is 2. The Morgan fingerprint density at radius 1 is 0.667 bits per heavy atom. The minimum Gasteiger partial charge on any atom is -0.352 e. The minimum absolute atomic E-state index is 0.0304. The molecule has 1 aliphatic heterocycles. The van der Waals surface area contributed by atoms with E-state index in [1.54, 1.807) is 0 Å². The van der Waals surface area contributed by atoms with Crippen LogP contribution in [0.2, 0.25) is 0 Å². The molecule has 4 heteroatoms. The summed E-state index contributed by atoms with van der Waals surface area (Å²) in [5, 5.41) is 0. The first-order valence-electron chi connectivity index (χ1n) is 12.8. The Labute approximate surface area is 182 Å². The van der Waals surface area contributed by atoms with E-state index in [0.717, 1.165) is 55.8 Å². The Bertz CT molecular complexity index is 529. The fraction of sp³-hybridized carbons (Fsp3) is 0.923. The molecule has 1 heterocycles. The van der Waals surface area contributed by atoms with Gasteiger partial charge >= 0.3 is 0 Å². The highest BCUT2D eigenvalue weighted by atomic mass is 19.3. The molecular weight excluding hydrogens is 382 g/mol. The number of hydrogen-bond donors (Lipinski definition) is 0. The van der Waals surface area contributed by atoms with Gasteiger partial charge in [-0.2, -0.15) is 8.78 Å². The van der Waals surface area contributed by atoms with Crippen LogP contribution in [0.1, 0.15) is 90.4 Å². The van der Waals surface area contributed by atoms with Crippen LogP contribution in [0, 0.1) is 41.4 Å². The third-order valence-electron chi connectivity index (χ3n) is 9.04. The Kier molecular flexibility index (Phi) is 8.25. The molecule has 3 aliphatic carbocycles. The highest BCUT2D eigenvalue weighted by molar-refractivity contribution is 4.88. The molecule has 1 saturated heterocycles. The second-order valence-corrected chi connectivity index (χ2v) is 11.0. The van der Waals surface area contributed by atoms with Crippen molar-refractivity contribution < 1.29 is 18.3 Å². The fourth-order valence-electron chi connectivity index (χ4n) is 6.87. The topological polar surface area (TPSA) is 18.5 Å².